The van der Waals surface area contributed by atoms with Crippen LogP contribution in [0.1, 0.15) is 76.3 Å². The molecule has 6 aliphatic rings. The van der Waals surface area contributed by atoms with Gasteiger partial charge in [-0.2, -0.15) is 0 Å². The van der Waals surface area contributed by atoms with E-state index in [0.717, 1.165) is 75.8 Å². The van der Waals surface area contributed by atoms with E-state index in [1.165, 1.54) is 41.2 Å². The summed E-state index contributed by atoms with van der Waals surface area (Å²) in [6.45, 7) is 4.45. The number of piperidine rings is 1. The van der Waals surface area contributed by atoms with E-state index < -0.39 is 11.3 Å². The molecule has 0 saturated carbocycles. The SMILES string of the molecule is O=C1CCCCN2[C@@H]3[C@@]45CN6CCCC/C=C\CC[C@@]3(C=C(c3nccc7c3[nH]c3ccccc37)[C@H]4CC6)O[C@]2(C1)C5. The molecule has 6 atom stereocenters. The predicted octanol–water partition coefficient (Wildman–Crippen LogP) is 6.62. The van der Waals surface area contributed by atoms with E-state index in [0.29, 0.717) is 30.6 Å². The Bertz CT molecular complexity index is 1640. The molecule has 218 valence electrons. The lowest BCUT2D eigenvalue weighted by Gasteiger charge is -2.59. The number of allylic oxidation sites excluding steroid dienone is 3. The number of benzene rings is 1. The molecule has 1 spiro atoms. The predicted molar refractivity (Wildman–Crippen MR) is 166 cm³/mol. The number of hydrogen-bond donors (Lipinski definition) is 1. The topological polar surface area (TPSA) is 61.5 Å². The first-order valence-electron chi connectivity index (χ1n) is 16.6. The Labute approximate surface area is 248 Å². The van der Waals surface area contributed by atoms with Gasteiger partial charge >= 0.3 is 0 Å². The van der Waals surface area contributed by atoms with Crippen molar-refractivity contribution >= 4 is 33.2 Å². The minimum absolute atomic E-state index is 0.0544. The lowest BCUT2D eigenvalue weighted by Crippen LogP contribution is -2.65. The van der Waals surface area contributed by atoms with E-state index in [-0.39, 0.29) is 5.41 Å². The summed E-state index contributed by atoms with van der Waals surface area (Å²) in [6.07, 6.45) is 20.5. The van der Waals surface area contributed by atoms with Crippen LogP contribution in [0.15, 0.2) is 54.8 Å². The first-order chi connectivity index (χ1) is 20.6. The zero-order chi connectivity index (χ0) is 27.9. The van der Waals surface area contributed by atoms with Gasteiger partial charge in [0.1, 0.15) is 17.1 Å². The van der Waals surface area contributed by atoms with Crippen LogP contribution in [0.25, 0.3) is 27.4 Å². The molecule has 4 fully saturated rings. The average molecular weight is 563 g/mol. The minimum atomic E-state index is -0.462. The molecule has 1 aromatic carbocycles. The van der Waals surface area contributed by atoms with Crippen molar-refractivity contribution in [2.45, 2.75) is 88.0 Å². The van der Waals surface area contributed by atoms with Crippen molar-refractivity contribution in [3.05, 3.63) is 60.5 Å². The molecule has 6 nitrogen and oxygen atoms in total. The van der Waals surface area contributed by atoms with Crippen LogP contribution in [0.2, 0.25) is 0 Å². The van der Waals surface area contributed by atoms with Crippen molar-refractivity contribution in [2.24, 2.45) is 11.3 Å². The number of nitrogens with zero attached hydrogens (tertiary/aromatic N) is 3. The maximum atomic E-state index is 13.3. The fourth-order valence-corrected chi connectivity index (χ4v) is 10.5. The fourth-order valence-electron chi connectivity index (χ4n) is 10.5. The lowest BCUT2D eigenvalue weighted by molar-refractivity contribution is -0.181. The quantitative estimate of drug-likeness (QED) is 0.338. The van der Waals surface area contributed by atoms with Crippen LogP contribution >= 0.6 is 0 Å². The Kier molecular flexibility index (Phi) is 5.71. The smallest absolute Gasteiger partial charge is 0.137 e. The highest BCUT2D eigenvalue weighted by molar-refractivity contribution is 6.09. The van der Waals surface area contributed by atoms with E-state index in [9.17, 15) is 4.79 Å². The van der Waals surface area contributed by atoms with Gasteiger partial charge in [-0.15, -0.1) is 0 Å². The maximum Gasteiger partial charge on any atom is 0.137 e. The maximum absolute atomic E-state index is 13.3. The molecular weight excluding hydrogens is 520 g/mol. The normalized spacial score (nSPS) is 39.2. The van der Waals surface area contributed by atoms with E-state index in [1.54, 1.807) is 0 Å². The molecule has 1 unspecified atom stereocenters. The summed E-state index contributed by atoms with van der Waals surface area (Å²) < 4.78 is 7.49. The van der Waals surface area contributed by atoms with Gasteiger partial charge in [-0.25, -0.2) is 0 Å². The summed E-state index contributed by atoms with van der Waals surface area (Å²) in [5.41, 5.74) is 4.00. The van der Waals surface area contributed by atoms with Gasteiger partial charge in [-0.05, 0) is 101 Å². The number of aromatic nitrogens is 2. The largest absolute Gasteiger partial charge is 0.353 e. The van der Waals surface area contributed by atoms with Crippen LogP contribution in [-0.4, -0.2) is 69.1 Å². The molecule has 7 heterocycles. The number of aromatic amines is 1. The molecule has 0 amide bonds. The lowest BCUT2D eigenvalue weighted by atomic mass is 9.53. The first kappa shape index (κ1) is 25.7. The number of ketones is 1. The second-order valence-electron chi connectivity index (χ2n) is 14.2. The Morgan fingerprint density at radius 3 is 2.86 bits per heavy atom. The molecule has 42 heavy (non-hydrogen) atoms. The highest BCUT2D eigenvalue weighted by Crippen LogP contribution is 2.70. The molecular formula is C36H42N4O2. The summed E-state index contributed by atoms with van der Waals surface area (Å²) in [5, 5.41) is 2.51. The highest BCUT2D eigenvalue weighted by Gasteiger charge is 2.77. The first-order valence-corrected chi connectivity index (χ1v) is 16.6. The van der Waals surface area contributed by atoms with E-state index in [1.807, 2.05) is 6.20 Å². The van der Waals surface area contributed by atoms with Crippen LogP contribution in [-0.2, 0) is 9.53 Å². The molecule has 1 aliphatic carbocycles. The highest BCUT2D eigenvalue weighted by atomic mass is 16.6. The van der Waals surface area contributed by atoms with Crippen LogP contribution in [0.4, 0.5) is 0 Å². The number of fused-ring (bicyclic) bond motifs is 4. The molecule has 2 aromatic heterocycles. The van der Waals surface area contributed by atoms with Crippen LogP contribution in [0, 0.1) is 11.3 Å². The number of pyridine rings is 1. The Balaban J connectivity index is 1.28. The second-order valence-corrected chi connectivity index (χ2v) is 14.2. The number of ether oxygens (including phenoxy) is 1. The van der Waals surface area contributed by atoms with E-state index >= 15 is 0 Å². The zero-order valence-electron chi connectivity index (χ0n) is 24.6. The fraction of sp³-hybridized carbons (Fsp3) is 0.556. The number of H-pyrrole nitrogens is 1. The van der Waals surface area contributed by atoms with Crippen molar-refractivity contribution in [1.82, 2.24) is 19.8 Å². The summed E-state index contributed by atoms with van der Waals surface area (Å²) in [4.78, 5) is 27.8. The molecule has 6 heteroatoms. The number of Topliss-reactive ketones (excluding diaryl/α,β-unsaturated/α-hetero) is 1. The standard InChI is InChI=1S/C36H42N4O2/c41-25-11-7-10-19-40-33-34-23-36(40,21-25)42-35(33)16-8-3-1-2-4-9-18-39(24-34)20-15-29(34)28(22-35)31-32-27(14-17-37-31)26-12-5-6-13-30(26)38-32/h1,3,5-6,12-14,17,22,29,33,38H,2,4,7-11,15-16,18-21,23-24H2/b3-1-/t29-,33-,34+,35+,36-/m1/s1. The van der Waals surface area contributed by atoms with Crippen LogP contribution in [0.3, 0.4) is 0 Å². The number of carbonyl (C=O) groups is 1. The van der Waals surface area contributed by atoms with Crippen LogP contribution in [0.5, 0.6) is 0 Å². The molecule has 0 radical (unpaired) electrons. The van der Waals surface area contributed by atoms with Crippen molar-refractivity contribution in [1.29, 1.82) is 0 Å². The monoisotopic (exact) mass is 562 g/mol. The third-order valence-corrected chi connectivity index (χ3v) is 11.8. The van der Waals surface area contributed by atoms with Crippen molar-refractivity contribution in [2.75, 3.05) is 26.2 Å². The second kappa shape index (κ2) is 9.35. The number of nitrogens with one attached hydrogen (secondary N) is 1. The average Bonchev–Trinajstić information content (AvgIpc) is 3.56. The van der Waals surface area contributed by atoms with E-state index in [4.69, 9.17) is 9.72 Å². The van der Waals surface area contributed by atoms with Gasteiger partial charge in [0.25, 0.3) is 0 Å². The van der Waals surface area contributed by atoms with E-state index in [2.05, 4.69) is 63.3 Å². The molecule has 1 N–H and O–H groups in total. The molecule has 9 rings (SSSR count). The van der Waals surface area contributed by atoms with Crippen molar-refractivity contribution in [3.63, 3.8) is 0 Å². The number of carbonyl (C=O) groups excluding carboxylic acids is 1. The molecule has 5 bridgehead atoms. The number of hydrogen-bond acceptors (Lipinski definition) is 5. The minimum Gasteiger partial charge on any atom is -0.353 e. The summed E-state index contributed by atoms with van der Waals surface area (Å²) in [6, 6.07) is 11.1. The van der Waals surface area contributed by atoms with Gasteiger partial charge in [0.05, 0.1) is 17.3 Å². The number of para-hydroxylation sites is 1. The Morgan fingerprint density at radius 1 is 0.976 bits per heavy atom. The van der Waals surface area contributed by atoms with Gasteiger partial charge in [0.2, 0.25) is 0 Å². The summed E-state index contributed by atoms with van der Waals surface area (Å²) in [5.74, 6) is 0.795. The summed E-state index contributed by atoms with van der Waals surface area (Å²) >= 11 is 0. The van der Waals surface area contributed by atoms with Gasteiger partial charge in [0.15, 0.2) is 0 Å². The van der Waals surface area contributed by atoms with Gasteiger partial charge < -0.3 is 14.6 Å². The number of rotatable bonds is 1. The van der Waals surface area contributed by atoms with Gasteiger partial charge in [-0.3, -0.25) is 14.7 Å². The van der Waals surface area contributed by atoms with Crippen molar-refractivity contribution in [3.8, 4) is 0 Å². The third-order valence-electron chi connectivity index (χ3n) is 11.8. The Morgan fingerprint density at radius 2 is 1.88 bits per heavy atom. The molecule has 3 aromatic rings. The Hall–Kier alpha value is -2.80. The molecule has 5 aliphatic heterocycles. The van der Waals surface area contributed by atoms with Gasteiger partial charge in [-0.1, -0.05) is 30.4 Å². The van der Waals surface area contributed by atoms with Gasteiger partial charge in [0, 0.05) is 53.8 Å². The summed E-state index contributed by atoms with van der Waals surface area (Å²) in [7, 11) is 0. The van der Waals surface area contributed by atoms with Crippen molar-refractivity contribution < 1.29 is 9.53 Å². The molecule has 4 saturated heterocycles. The third kappa shape index (κ3) is 3.55. The zero-order valence-corrected chi connectivity index (χ0v) is 24.6. The van der Waals surface area contributed by atoms with Crippen LogP contribution < -0.4 is 0 Å².